The summed E-state index contributed by atoms with van der Waals surface area (Å²) >= 11 is 12.3. The van der Waals surface area contributed by atoms with Gasteiger partial charge in [0.1, 0.15) is 12.4 Å². The molecule has 2 saturated heterocycles. The summed E-state index contributed by atoms with van der Waals surface area (Å²) < 4.78 is 19.7. The molecule has 1 spiro atoms. The van der Waals surface area contributed by atoms with Gasteiger partial charge in [0.15, 0.2) is 0 Å². The number of hydrogen-bond acceptors (Lipinski definition) is 8. The minimum Gasteiger partial charge on any atom is -0.489 e. The summed E-state index contributed by atoms with van der Waals surface area (Å²) in [5, 5.41) is 9.53. The van der Waals surface area contributed by atoms with Gasteiger partial charge in [-0.05, 0) is 24.6 Å². The van der Waals surface area contributed by atoms with Gasteiger partial charge in [-0.2, -0.15) is 0 Å². The van der Waals surface area contributed by atoms with Crippen LogP contribution in [0.15, 0.2) is 43.0 Å². The molecule has 0 radical (unpaired) electrons. The number of ether oxygens (including phenoxy) is 1. The van der Waals surface area contributed by atoms with Gasteiger partial charge in [-0.15, -0.1) is 0 Å². The van der Waals surface area contributed by atoms with Gasteiger partial charge in [-0.3, -0.25) is 10.4 Å². The fourth-order valence-electron chi connectivity index (χ4n) is 4.62. The molecule has 2 fully saturated rings. The second-order valence-corrected chi connectivity index (χ2v) is 11.3. The number of pyridine rings is 1. The number of benzene rings is 1. The maximum absolute atomic E-state index is 11.8. The highest BCUT2D eigenvalue weighted by atomic mass is 35.5. The van der Waals surface area contributed by atoms with Crippen molar-refractivity contribution in [3.05, 3.63) is 69.7 Å². The van der Waals surface area contributed by atoms with Crippen LogP contribution < -0.4 is 15.4 Å². The van der Waals surface area contributed by atoms with Crippen molar-refractivity contribution in [2.24, 2.45) is 5.41 Å². The summed E-state index contributed by atoms with van der Waals surface area (Å²) in [4.78, 5) is 15.1. The van der Waals surface area contributed by atoms with Gasteiger partial charge in [-0.1, -0.05) is 23.2 Å². The molecule has 2 aliphatic heterocycles. The Hall–Kier alpha value is -2.79. The van der Waals surface area contributed by atoms with Crippen molar-refractivity contribution in [3.8, 4) is 5.75 Å². The largest absolute Gasteiger partial charge is 0.489 e. The SMILES string of the molecule is CS(=O)N1CCC2(CN(c3ncc(C(=N)c4cc(OCc5c(Cl)cncc5Cl)ccc4N)cn3)C2)C1. The lowest BCUT2D eigenvalue weighted by atomic mass is 9.79. The maximum Gasteiger partial charge on any atom is 0.225 e. The molecule has 0 bridgehead atoms. The first-order valence-corrected chi connectivity index (χ1v) is 13.6. The normalized spacial score (nSPS) is 17.7. The van der Waals surface area contributed by atoms with Crippen molar-refractivity contribution in [2.45, 2.75) is 13.0 Å². The second kappa shape index (κ2) is 9.93. The van der Waals surface area contributed by atoms with E-state index in [0.717, 1.165) is 32.6 Å². The highest BCUT2D eigenvalue weighted by Gasteiger charge is 2.49. The lowest BCUT2D eigenvalue weighted by Crippen LogP contribution is -2.58. The van der Waals surface area contributed by atoms with Crippen LogP contribution in [0.1, 0.15) is 23.1 Å². The van der Waals surface area contributed by atoms with E-state index in [-0.39, 0.29) is 17.7 Å². The molecule has 3 N–H and O–H groups in total. The molecule has 2 aromatic heterocycles. The van der Waals surface area contributed by atoms with Crippen LogP contribution in [0.2, 0.25) is 10.0 Å². The molecule has 2 aliphatic rings. The number of halogens is 2. The van der Waals surface area contributed by atoms with Crippen LogP contribution in [0, 0.1) is 10.8 Å². The molecule has 1 atom stereocenters. The van der Waals surface area contributed by atoms with Gasteiger partial charge in [-0.25, -0.2) is 18.5 Å². The lowest BCUT2D eigenvalue weighted by molar-refractivity contribution is 0.229. The first-order chi connectivity index (χ1) is 17.2. The van der Waals surface area contributed by atoms with Gasteiger partial charge in [0.2, 0.25) is 5.95 Å². The second-order valence-electron chi connectivity index (χ2n) is 9.16. The molecule has 1 aromatic carbocycles. The predicted octanol–water partition coefficient (Wildman–Crippen LogP) is 3.56. The van der Waals surface area contributed by atoms with Gasteiger partial charge in [0.25, 0.3) is 0 Å². The smallest absolute Gasteiger partial charge is 0.225 e. The van der Waals surface area contributed by atoms with Gasteiger partial charge in [0, 0.05) is 85.0 Å². The Labute approximate surface area is 221 Å². The summed E-state index contributed by atoms with van der Waals surface area (Å²) in [6, 6.07) is 5.13. The van der Waals surface area contributed by atoms with Gasteiger partial charge >= 0.3 is 0 Å². The Balaban J connectivity index is 1.25. The Bertz CT molecular complexity index is 1310. The van der Waals surface area contributed by atoms with Gasteiger partial charge < -0.3 is 15.4 Å². The molecule has 3 aromatic rings. The minimum atomic E-state index is -0.928. The predicted molar refractivity (Wildman–Crippen MR) is 142 cm³/mol. The van der Waals surface area contributed by atoms with Crippen LogP contribution in [0.5, 0.6) is 5.75 Å². The molecule has 0 saturated carbocycles. The monoisotopic (exact) mass is 545 g/mol. The Morgan fingerprint density at radius 1 is 1.17 bits per heavy atom. The number of anilines is 2. The standard InChI is InChI=1S/C24H25Cl2N7O2S/c1-36(34)33-5-4-24(14-33)12-32(13-24)23-30-7-15(8-31-23)22(28)17-6-16(2-3-21(17)27)35-11-18-19(25)9-29-10-20(18)26/h2-3,6-10,28H,4-5,11-14,27H2,1H3. The first-order valence-electron chi connectivity index (χ1n) is 11.3. The van der Waals surface area contributed by atoms with Crippen molar-refractivity contribution in [2.75, 3.05) is 43.1 Å². The fourth-order valence-corrected chi connectivity index (χ4v) is 5.90. The van der Waals surface area contributed by atoms with E-state index in [1.165, 1.54) is 12.4 Å². The van der Waals surface area contributed by atoms with Gasteiger partial charge in [0.05, 0.1) is 26.7 Å². The molecule has 5 rings (SSSR count). The third-order valence-corrected chi connectivity index (χ3v) is 8.35. The summed E-state index contributed by atoms with van der Waals surface area (Å²) in [7, 11) is -0.928. The van der Waals surface area contributed by atoms with Crippen LogP contribution >= 0.6 is 23.2 Å². The zero-order valence-corrected chi connectivity index (χ0v) is 21.9. The van der Waals surface area contributed by atoms with Crippen molar-refractivity contribution in [1.82, 2.24) is 19.3 Å². The zero-order chi connectivity index (χ0) is 25.4. The van der Waals surface area contributed by atoms with Crippen LogP contribution in [-0.2, 0) is 17.6 Å². The third-order valence-electron chi connectivity index (χ3n) is 6.66. The van der Waals surface area contributed by atoms with Crippen LogP contribution in [-0.4, -0.2) is 61.6 Å². The molecule has 0 aliphatic carbocycles. The molecule has 1 unspecified atom stereocenters. The van der Waals surface area contributed by atoms with E-state index in [1.54, 1.807) is 36.8 Å². The van der Waals surface area contributed by atoms with E-state index in [0.29, 0.717) is 44.1 Å². The molecule has 9 nitrogen and oxygen atoms in total. The van der Waals surface area contributed by atoms with E-state index in [2.05, 4.69) is 19.9 Å². The Kier molecular flexibility index (Phi) is 6.86. The topological polar surface area (TPSA) is 121 Å². The molecule has 12 heteroatoms. The van der Waals surface area contributed by atoms with Crippen molar-refractivity contribution in [3.63, 3.8) is 0 Å². The van der Waals surface area contributed by atoms with E-state index in [9.17, 15) is 4.21 Å². The highest BCUT2D eigenvalue weighted by Crippen LogP contribution is 2.41. The number of nitrogens with two attached hydrogens (primary N) is 1. The average molecular weight is 546 g/mol. The molecular formula is C24H25Cl2N7O2S. The number of aromatic nitrogens is 3. The van der Waals surface area contributed by atoms with Crippen molar-refractivity contribution >= 4 is 51.5 Å². The number of rotatable bonds is 7. The third kappa shape index (κ3) is 4.90. The lowest BCUT2D eigenvalue weighted by Gasteiger charge is -2.47. The van der Waals surface area contributed by atoms with Crippen molar-refractivity contribution in [1.29, 1.82) is 5.41 Å². The number of nitrogen functional groups attached to an aromatic ring is 1. The molecule has 188 valence electrons. The highest BCUT2D eigenvalue weighted by molar-refractivity contribution is 7.81. The van der Waals surface area contributed by atoms with Crippen LogP contribution in [0.25, 0.3) is 0 Å². The maximum atomic E-state index is 11.8. The number of nitrogens with one attached hydrogen (secondary N) is 1. The molecule has 4 heterocycles. The summed E-state index contributed by atoms with van der Waals surface area (Å²) in [6.45, 7) is 3.54. The van der Waals surface area contributed by atoms with E-state index in [4.69, 9.17) is 39.1 Å². The summed E-state index contributed by atoms with van der Waals surface area (Å²) in [5.74, 6) is 1.15. The van der Waals surface area contributed by atoms with Crippen LogP contribution in [0.3, 0.4) is 0 Å². The average Bonchev–Trinajstić information content (AvgIpc) is 3.30. The summed E-state index contributed by atoms with van der Waals surface area (Å²) in [6.07, 6.45) is 9.06. The summed E-state index contributed by atoms with van der Waals surface area (Å²) in [5.41, 5.74) is 8.67. The van der Waals surface area contributed by atoms with E-state index >= 15 is 0 Å². The van der Waals surface area contributed by atoms with Crippen LogP contribution in [0.4, 0.5) is 11.6 Å². The minimum absolute atomic E-state index is 0.151. The Morgan fingerprint density at radius 2 is 1.86 bits per heavy atom. The number of hydrogen-bond donors (Lipinski definition) is 2. The molecule has 0 amide bonds. The van der Waals surface area contributed by atoms with E-state index in [1.807, 2.05) is 4.31 Å². The van der Waals surface area contributed by atoms with E-state index < -0.39 is 11.0 Å². The zero-order valence-electron chi connectivity index (χ0n) is 19.6. The molecule has 36 heavy (non-hydrogen) atoms. The fraction of sp³-hybridized carbons (Fsp3) is 0.333. The molecular weight excluding hydrogens is 521 g/mol. The quantitative estimate of drug-likeness (QED) is 0.343. The Morgan fingerprint density at radius 3 is 2.50 bits per heavy atom. The number of nitrogens with zero attached hydrogens (tertiary/aromatic N) is 5. The van der Waals surface area contributed by atoms with Crippen molar-refractivity contribution < 1.29 is 8.95 Å². The first kappa shape index (κ1) is 24.9.